The lowest BCUT2D eigenvalue weighted by molar-refractivity contribution is -0.115. The van der Waals surface area contributed by atoms with Crippen molar-refractivity contribution in [3.63, 3.8) is 0 Å². The van der Waals surface area contributed by atoms with Gasteiger partial charge in [-0.15, -0.1) is 0 Å². The van der Waals surface area contributed by atoms with Gasteiger partial charge in [0.2, 0.25) is 5.91 Å². The van der Waals surface area contributed by atoms with Crippen molar-refractivity contribution in [1.82, 2.24) is 10.2 Å². The molecule has 0 aliphatic carbocycles. The highest BCUT2D eigenvalue weighted by molar-refractivity contribution is 5.95. The molecule has 0 saturated carbocycles. The summed E-state index contributed by atoms with van der Waals surface area (Å²) in [5.74, 6) is 0.419. The molecule has 8 nitrogen and oxygen atoms in total. The molecule has 3 amide bonds. The van der Waals surface area contributed by atoms with E-state index in [9.17, 15) is 14.0 Å². The van der Waals surface area contributed by atoms with Crippen molar-refractivity contribution in [3.05, 3.63) is 48.3 Å². The van der Waals surface area contributed by atoms with Gasteiger partial charge in [0, 0.05) is 37.9 Å². The summed E-state index contributed by atoms with van der Waals surface area (Å²) in [5.41, 5.74) is 1.38. The second kappa shape index (κ2) is 9.82. The summed E-state index contributed by atoms with van der Waals surface area (Å²) in [6.07, 6.45) is 0. The molecule has 160 valence electrons. The minimum absolute atomic E-state index is 0.169. The van der Waals surface area contributed by atoms with Crippen molar-refractivity contribution in [2.75, 3.05) is 57.2 Å². The van der Waals surface area contributed by atoms with Crippen LogP contribution in [0.25, 0.3) is 0 Å². The van der Waals surface area contributed by atoms with E-state index in [2.05, 4.69) is 15.5 Å². The third kappa shape index (κ3) is 5.31. The van der Waals surface area contributed by atoms with Crippen molar-refractivity contribution in [1.29, 1.82) is 0 Å². The maximum absolute atomic E-state index is 13.1. The van der Waals surface area contributed by atoms with Crippen LogP contribution in [0.4, 0.5) is 20.6 Å². The van der Waals surface area contributed by atoms with Gasteiger partial charge in [-0.1, -0.05) is 0 Å². The molecule has 2 aromatic carbocycles. The predicted molar refractivity (Wildman–Crippen MR) is 112 cm³/mol. The summed E-state index contributed by atoms with van der Waals surface area (Å²) in [6.45, 7) is 2.11. The molecule has 1 aliphatic heterocycles. The van der Waals surface area contributed by atoms with E-state index in [1.807, 2.05) is 0 Å². The van der Waals surface area contributed by atoms with Gasteiger partial charge in [-0.2, -0.15) is 0 Å². The van der Waals surface area contributed by atoms with Gasteiger partial charge < -0.3 is 29.9 Å². The Morgan fingerprint density at radius 2 is 1.70 bits per heavy atom. The molecule has 0 spiro atoms. The highest BCUT2D eigenvalue weighted by Crippen LogP contribution is 2.28. The molecule has 1 fully saturated rings. The highest BCUT2D eigenvalue weighted by atomic mass is 19.1. The van der Waals surface area contributed by atoms with E-state index >= 15 is 0 Å². The molecule has 0 atom stereocenters. The highest BCUT2D eigenvalue weighted by Gasteiger charge is 2.21. The van der Waals surface area contributed by atoms with Crippen LogP contribution in [-0.4, -0.2) is 63.8 Å². The maximum Gasteiger partial charge on any atom is 0.317 e. The number of carbonyl (C=O) groups is 2. The monoisotopic (exact) mass is 416 g/mol. The van der Waals surface area contributed by atoms with E-state index in [0.717, 1.165) is 5.69 Å². The number of nitrogens with zero attached hydrogens (tertiary/aromatic N) is 2. The topological polar surface area (TPSA) is 83.1 Å². The number of methoxy groups -OCH3 is 2. The molecule has 2 aromatic rings. The number of urea groups is 1. The molecule has 0 aromatic heterocycles. The number of ether oxygens (including phenoxy) is 2. The number of hydrogen-bond donors (Lipinski definition) is 2. The average molecular weight is 416 g/mol. The predicted octanol–water partition coefficient (Wildman–Crippen LogP) is 2.31. The second-order valence-electron chi connectivity index (χ2n) is 6.72. The lowest BCUT2D eigenvalue weighted by Gasteiger charge is -2.36. The molecule has 1 heterocycles. The van der Waals surface area contributed by atoms with Crippen LogP contribution < -0.4 is 25.0 Å². The Balaban J connectivity index is 1.47. The SMILES string of the molecule is COc1ccc(OC)c(NC(=O)CNC(=O)N2CCN(c3ccc(F)cc3)CC2)c1. The van der Waals surface area contributed by atoms with Crippen LogP contribution in [0.1, 0.15) is 0 Å². The summed E-state index contributed by atoms with van der Waals surface area (Å²) in [6, 6.07) is 11.0. The third-order valence-corrected chi connectivity index (χ3v) is 4.84. The smallest absolute Gasteiger partial charge is 0.317 e. The summed E-state index contributed by atoms with van der Waals surface area (Å²) >= 11 is 0. The van der Waals surface area contributed by atoms with Crippen molar-refractivity contribution in [2.24, 2.45) is 0 Å². The average Bonchev–Trinajstić information content (AvgIpc) is 2.78. The van der Waals surface area contributed by atoms with Crippen molar-refractivity contribution in [3.8, 4) is 11.5 Å². The lowest BCUT2D eigenvalue weighted by atomic mass is 10.2. The zero-order chi connectivity index (χ0) is 21.5. The molecule has 1 saturated heterocycles. The molecule has 1 aliphatic rings. The minimum atomic E-state index is -0.375. The molecule has 2 N–H and O–H groups in total. The van der Waals surface area contributed by atoms with Crippen molar-refractivity contribution in [2.45, 2.75) is 0 Å². The molecule has 0 radical (unpaired) electrons. The Labute approximate surface area is 174 Å². The number of halogens is 1. The molecule has 9 heteroatoms. The first-order chi connectivity index (χ1) is 14.5. The van der Waals surface area contributed by atoms with Gasteiger partial charge >= 0.3 is 6.03 Å². The van der Waals surface area contributed by atoms with Crippen LogP contribution in [-0.2, 0) is 4.79 Å². The zero-order valence-electron chi connectivity index (χ0n) is 17.0. The number of benzene rings is 2. The zero-order valence-corrected chi connectivity index (χ0v) is 17.0. The van der Waals surface area contributed by atoms with Crippen LogP contribution in [0.2, 0.25) is 0 Å². The van der Waals surface area contributed by atoms with E-state index < -0.39 is 0 Å². The van der Waals surface area contributed by atoms with Crippen LogP contribution >= 0.6 is 0 Å². The number of amides is 3. The fourth-order valence-electron chi connectivity index (χ4n) is 3.19. The molecule has 0 bridgehead atoms. The molecule has 3 rings (SSSR count). The summed E-state index contributed by atoms with van der Waals surface area (Å²) < 4.78 is 23.4. The van der Waals surface area contributed by atoms with Crippen LogP contribution in [0, 0.1) is 5.82 Å². The molecule has 0 unspecified atom stereocenters. The van der Waals surface area contributed by atoms with Crippen LogP contribution in [0.3, 0.4) is 0 Å². The molecular formula is C21H25FN4O4. The summed E-state index contributed by atoms with van der Waals surface area (Å²) in [5, 5.41) is 5.35. The number of hydrogen-bond acceptors (Lipinski definition) is 5. The first kappa shape index (κ1) is 21.2. The standard InChI is InChI=1S/C21H25FN4O4/c1-29-17-7-8-19(30-2)18(13-17)24-20(27)14-23-21(28)26-11-9-25(10-12-26)16-5-3-15(22)4-6-16/h3-8,13H,9-12,14H2,1-2H3,(H,23,28)(H,24,27). The Bertz CT molecular complexity index is 883. The number of nitrogens with one attached hydrogen (secondary N) is 2. The second-order valence-corrected chi connectivity index (χ2v) is 6.72. The Hall–Kier alpha value is -3.49. The van der Waals surface area contributed by atoms with Gasteiger partial charge in [0.1, 0.15) is 17.3 Å². The van der Waals surface area contributed by atoms with E-state index in [1.54, 1.807) is 35.2 Å². The largest absolute Gasteiger partial charge is 0.497 e. The van der Waals surface area contributed by atoms with Gasteiger partial charge in [0.15, 0.2) is 0 Å². The van der Waals surface area contributed by atoms with E-state index in [-0.39, 0.29) is 24.3 Å². The number of piperazine rings is 1. The van der Waals surface area contributed by atoms with Crippen LogP contribution in [0.5, 0.6) is 11.5 Å². The quantitative estimate of drug-likeness (QED) is 0.755. The lowest BCUT2D eigenvalue weighted by Crippen LogP contribution is -2.52. The Kier molecular flexibility index (Phi) is 6.95. The Morgan fingerprint density at radius 1 is 1.00 bits per heavy atom. The van der Waals surface area contributed by atoms with Gasteiger partial charge in [0.05, 0.1) is 26.5 Å². The van der Waals surface area contributed by atoms with Gasteiger partial charge in [-0.3, -0.25) is 4.79 Å². The van der Waals surface area contributed by atoms with Crippen molar-refractivity contribution >= 4 is 23.3 Å². The number of anilines is 2. The summed E-state index contributed by atoms with van der Waals surface area (Å²) in [7, 11) is 3.04. The summed E-state index contributed by atoms with van der Waals surface area (Å²) in [4.78, 5) is 28.4. The van der Waals surface area contributed by atoms with Gasteiger partial charge in [0.25, 0.3) is 0 Å². The minimum Gasteiger partial charge on any atom is -0.497 e. The number of rotatable bonds is 6. The maximum atomic E-state index is 13.1. The normalized spacial score (nSPS) is 13.6. The fraction of sp³-hybridized carbons (Fsp3) is 0.333. The third-order valence-electron chi connectivity index (χ3n) is 4.84. The van der Waals surface area contributed by atoms with Crippen molar-refractivity contribution < 1.29 is 23.5 Å². The first-order valence-electron chi connectivity index (χ1n) is 9.55. The van der Waals surface area contributed by atoms with Gasteiger partial charge in [-0.25, -0.2) is 9.18 Å². The van der Waals surface area contributed by atoms with Gasteiger partial charge in [-0.05, 0) is 36.4 Å². The van der Waals surface area contributed by atoms with E-state index in [1.165, 1.54) is 26.4 Å². The van der Waals surface area contributed by atoms with E-state index in [4.69, 9.17) is 9.47 Å². The molecular weight excluding hydrogens is 391 g/mol. The van der Waals surface area contributed by atoms with Crippen LogP contribution in [0.15, 0.2) is 42.5 Å². The number of carbonyl (C=O) groups excluding carboxylic acids is 2. The van der Waals surface area contributed by atoms with E-state index in [0.29, 0.717) is 43.4 Å². The fourth-order valence-corrected chi connectivity index (χ4v) is 3.19. The Morgan fingerprint density at radius 3 is 2.33 bits per heavy atom. The first-order valence-corrected chi connectivity index (χ1v) is 9.55. The molecule has 30 heavy (non-hydrogen) atoms.